The van der Waals surface area contributed by atoms with E-state index in [-0.39, 0.29) is 17.2 Å². The molecule has 1 atom stereocenters. The standard InChI is InChI=1S/C32H25N5O5S/c1-20-28(30(38)34-22-7-4-3-5-8-22)29(21-10-16-26(42-2)17-11-21)36-31(39)27(43-32(36)33-20)19-25-9-6-18-35(25)23-12-14-24(15-13-23)37(40)41/h3-19,29H,1-2H3,(H,34,38)/b27-19+/t29-/m1/s1. The van der Waals surface area contributed by atoms with Crippen LogP contribution in [0.5, 0.6) is 5.75 Å². The SMILES string of the molecule is COc1ccc([C@@H]2C(C(=O)Nc3ccccc3)=C(C)N=c3s/c(=C/c4cccn4-c4ccc([N+](=O)[O-])cc4)c(=O)n32)cc1. The van der Waals surface area contributed by atoms with Crippen molar-refractivity contribution in [3.63, 3.8) is 0 Å². The fourth-order valence-electron chi connectivity index (χ4n) is 5.05. The van der Waals surface area contributed by atoms with E-state index in [0.717, 1.165) is 5.56 Å². The van der Waals surface area contributed by atoms with Crippen molar-refractivity contribution >= 4 is 34.7 Å². The number of carbonyl (C=O) groups excluding carboxylic acids is 1. The second-order valence-electron chi connectivity index (χ2n) is 9.75. The molecule has 1 aliphatic rings. The Morgan fingerprint density at radius 2 is 1.74 bits per heavy atom. The van der Waals surface area contributed by atoms with Gasteiger partial charge in [0.05, 0.1) is 33.9 Å². The largest absolute Gasteiger partial charge is 0.497 e. The molecule has 1 aliphatic heterocycles. The van der Waals surface area contributed by atoms with Gasteiger partial charge in [-0.15, -0.1) is 0 Å². The number of fused-ring (bicyclic) bond motifs is 1. The average molecular weight is 592 g/mol. The Kier molecular flexibility index (Phi) is 7.31. The first-order chi connectivity index (χ1) is 20.8. The van der Waals surface area contributed by atoms with Gasteiger partial charge in [-0.05, 0) is 67.1 Å². The van der Waals surface area contributed by atoms with Crippen LogP contribution in [0, 0.1) is 10.1 Å². The lowest BCUT2D eigenvalue weighted by Gasteiger charge is -2.25. The topological polar surface area (TPSA) is 121 Å². The second-order valence-corrected chi connectivity index (χ2v) is 10.8. The van der Waals surface area contributed by atoms with Crippen LogP contribution in [0.4, 0.5) is 11.4 Å². The number of benzene rings is 3. The maximum absolute atomic E-state index is 14.1. The molecular weight excluding hydrogens is 566 g/mol. The number of carbonyl (C=O) groups is 1. The molecule has 43 heavy (non-hydrogen) atoms. The van der Waals surface area contributed by atoms with Crippen molar-refractivity contribution < 1.29 is 14.5 Å². The summed E-state index contributed by atoms with van der Waals surface area (Å²) in [6, 6.07) is 25.5. The molecule has 0 spiro atoms. The molecule has 214 valence electrons. The molecule has 1 N–H and O–H groups in total. The summed E-state index contributed by atoms with van der Waals surface area (Å²) in [5.41, 5.74) is 3.35. The molecular formula is C32H25N5O5S. The molecule has 5 aromatic rings. The monoisotopic (exact) mass is 591 g/mol. The van der Waals surface area contributed by atoms with Crippen molar-refractivity contribution in [2.45, 2.75) is 13.0 Å². The third-order valence-electron chi connectivity index (χ3n) is 7.13. The van der Waals surface area contributed by atoms with E-state index < -0.39 is 11.0 Å². The van der Waals surface area contributed by atoms with Crippen LogP contribution < -0.4 is 24.9 Å². The Morgan fingerprint density at radius 1 is 1.02 bits per heavy atom. The molecule has 6 rings (SSSR count). The summed E-state index contributed by atoms with van der Waals surface area (Å²) in [5.74, 6) is 0.300. The van der Waals surface area contributed by atoms with Crippen molar-refractivity contribution in [1.29, 1.82) is 0 Å². The summed E-state index contributed by atoms with van der Waals surface area (Å²) in [7, 11) is 1.58. The highest BCUT2D eigenvalue weighted by molar-refractivity contribution is 7.07. The quantitative estimate of drug-likeness (QED) is 0.219. The molecule has 10 nitrogen and oxygen atoms in total. The summed E-state index contributed by atoms with van der Waals surface area (Å²) in [6.45, 7) is 1.77. The fourth-order valence-corrected chi connectivity index (χ4v) is 6.08. The predicted octanol–water partition coefficient (Wildman–Crippen LogP) is 4.58. The number of nitrogens with one attached hydrogen (secondary N) is 1. The predicted molar refractivity (Wildman–Crippen MR) is 164 cm³/mol. The molecule has 0 saturated carbocycles. The van der Waals surface area contributed by atoms with E-state index >= 15 is 0 Å². The summed E-state index contributed by atoms with van der Waals surface area (Å²) < 4.78 is 9.16. The number of allylic oxidation sites excluding steroid dienone is 1. The van der Waals surface area contributed by atoms with Crippen molar-refractivity contribution in [3.05, 3.63) is 150 Å². The minimum atomic E-state index is -0.727. The van der Waals surface area contributed by atoms with E-state index in [4.69, 9.17) is 9.73 Å². The van der Waals surface area contributed by atoms with Crippen LogP contribution in [0.2, 0.25) is 0 Å². The van der Waals surface area contributed by atoms with E-state index in [1.807, 2.05) is 53.2 Å². The van der Waals surface area contributed by atoms with E-state index in [2.05, 4.69) is 5.32 Å². The number of rotatable bonds is 7. The molecule has 3 heterocycles. The summed E-state index contributed by atoms with van der Waals surface area (Å²) in [4.78, 5) is 43.6. The molecule has 2 aromatic heterocycles. The number of hydrogen-bond donors (Lipinski definition) is 1. The lowest BCUT2D eigenvalue weighted by atomic mass is 9.95. The van der Waals surface area contributed by atoms with Crippen LogP contribution in [0.3, 0.4) is 0 Å². The number of para-hydroxylation sites is 1. The number of ether oxygens (including phenoxy) is 1. The number of nitrogens with zero attached hydrogens (tertiary/aromatic N) is 4. The molecule has 0 saturated heterocycles. The van der Waals surface area contributed by atoms with Gasteiger partial charge >= 0.3 is 0 Å². The zero-order valence-corrected chi connectivity index (χ0v) is 23.9. The minimum absolute atomic E-state index is 0.00762. The third-order valence-corrected chi connectivity index (χ3v) is 8.11. The molecule has 0 aliphatic carbocycles. The number of non-ortho nitro benzene ring substituents is 1. The highest BCUT2D eigenvalue weighted by Crippen LogP contribution is 2.31. The average Bonchev–Trinajstić information content (AvgIpc) is 3.60. The van der Waals surface area contributed by atoms with Gasteiger partial charge in [0, 0.05) is 35.4 Å². The Morgan fingerprint density at radius 3 is 2.42 bits per heavy atom. The first-order valence-electron chi connectivity index (χ1n) is 13.3. The Balaban J connectivity index is 1.47. The Labute approximate surface area is 249 Å². The normalized spacial score (nSPS) is 14.7. The van der Waals surface area contributed by atoms with Gasteiger partial charge in [-0.1, -0.05) is 41.7 Å². The number of aromatic nitrogens is 2. The van der Waals surface area contributed by atoms with Crippen LogP contribution >= 0.6 is 11.3 Å². The molecule has 1 amide bonds. The molecule has 0 bridgehead atoms. The lowest BCUT2D eigenvalue weighted by molar-refractivity contribution is -0.384. The van der Waals surface area contributed by atoms with Gasteiger partial charge in [-0.3, -0.25) is 24.3 Å². The molecule has 11 heteroatoms. The number of thiazole rings is 1. The van der Waals surface area contributed by atoms with Gasteiger partial charge in [0.2, 0.25) is 0 Å². The number of nitro groups is 1. The van der Waals surface area contributed by atoms with Crippen LogP contribution in [0.1, 0.15) is 24.2 Å². The fraction of sp³-hybridized carbons (Fsp3) is 0.0938. The van der Waals surface area contributed by atoms with E-state index in [1.54, 1.807) is 61.1 Å². The number of amides is 1. The first-order valence-corrected chi connectivity index (χ1v) is 14.1. The second kappa shape index (κ2) is 11.4. The number of anilines is 1. The zero-order chi connectivity index (χ0) is 30.1. The van der Waals surface area contributed by atoms with E-state index in [9.17, 15) is 19.7 Å². The maximum Gasteiger partial charge on any atom is 0.271 e. The Bertz CT molecular complexity index is 2060. The van der Waals surface area contributed by atoms with Gasteiger partial charge in [-0.25, -0.2) is 4.99 Å². The smallest absolute Gasteiger partial charge is 0.271 e. The van der Waals surface area contributed by atoms with Gasteiger partial charge in [-0.2, -0.15) is 0 Å². The third kappa shape index (κ3) is 5.29. The summed E-state index contributed by atoms with van der Waals surface area (Å²) in [5, 5.41) is 14.0. The van der Waals surface area contributed by atoms with Crippen LogP contribution in [0.25, 0.3) is 11.8 Å². The maximum atomic E-state index is 14.1. The number of methoxy groups -OCH3 is 1. The van der Waals surface area contributed by atoms with Gasteiger partial charge in [0.1, 0.15) is 5.75 Å². The van der Waals surface area contributed by atoms with Gasteiger partial charge in [0.15, 0.2) is 4.80 Å². The van der Waals surface area contributed by atoms with E-state index in [1.165, 1.54) is 23.5 Å². The molecule has 0 fully saturated rings. The van der Waals surface area contributed by atoms with Crippen LogP contribution in [-0.2, 0) is 4.79 Å². The van der Waals surface area contributed by atoms with Crippen molar-refractivity contribution in [2.24, 2.45) is 4.99 Å². The molecule has 0 radical (unpaired) electrons. The van der Waals surface area contributed by atoms with Crippen LogP contribution in [0.15, 0.2) is 118 Å². The highest BCUT2D eigenvalue weighted by Gasteiger charge is 2.32. The number of hydrogen-bond acceptors (Lipinski definition) is 7. The Hall–Kier alpha value is -5.55. The number of nitro benzene ring substituents is 1. The van der Waals surface area contributed by atoms with Crippen LogP contribution in [-0.4, -0.2) is 27.1 Å². The van der Waals surface area contributed by atoms with Crippen molar-refractivity contribution in [3.8, 4) is 11.4 Å². The van der Waals surface area contributed by atoms with Crippen molar-refractivity contribution in [1.82, 2.24) is 9.13 Å². The minimum Gasteiger partial charge on any atom is -0.497 e. The zero-order valence-electron chi connectivity index (χ0n) is 23.1. The highest BCUT2D eigenvalue weighted by atomic mass is 32.1. The van der Waals surface area contributed by atoms with Crippen molar-refractivity contribution in [2.75, 3.05) is 12.4 Å². The van der Waals surface area contributed by atoms with Gasteiger partial charge in [0.25, 0.3) is 17.2 Å². The summed E-state index contributed by atoms with van der Waals surface area (Å²) >= 11 is 1.23. The first kappa shape index (κ1) is 27.6. The molecule has 0 unspecified atom stereocenters. The van der Waals surface area contributed by atoms with E-state index in [0.29, 0.717) is 43.4 Å². The lowest BCUT2D eigenvalue weighted by Crippen LogP contribution is -2.40. The molecule has 3 aromatic carbocycles. The summed E-state index contributed by atoms with van der Waals surface area (Å²) in [6.07, 6.45) is 3.58. The van der Waals surface area contributed by atoms with Gasteiger partial charge < -0.3 is 14.6 Å².